The van der Waals surface area contributed by atoms with E-state index >= 15 is 0 Å². The van der Waals surface area contributed by atoms with Gasteiger partial charge in [0.05, 0.1) is 4.99 Å². The Balaban J connectivity index is 1.95. The van der Waals surface area contributed by atoms with Crippen LogP contribution in [-0.4, -0.2) is 23.0 Å². The van der Waals surface area contributed by atoms with Gasteiger partial charge in [0.1, 0.15) is 0 Å². The van der Waals surface area contributed by atoms with Crippen molar-refractivity contribution in [3.05, 3.63) is 34.3 Å². The van der Waals surface area contributed by atoms with Crippen LogP contribution in [0.1, 0.15) is 25.3 Å². The molecule has 1 aliphatic heterocycles. The average molecular weight is 327 g/mol. The van der Waals surface area contributed by atoms with Gasteiger partial charge in [-0.1, -0.05) is 53.3 Å². The molecule has 0 atom stereocenters. The Hall–Kier alpha value is -0.450. The predicted octanol–water partition coefficient (Wildman–Crippen LogP) is 3.34. The first kappa shape index (κ1) is 14.0. The van der Waals surface area contributed by atoms with Gasteiger partial charge >= 0.3 is 0 Å². The summed E-state index contributed by atoms with van der Waals surface area (Å²) in [5, 5.41) is 0. The molecule has 0 spiro atoms. The van der Waals surface area contributed by atoms with Crippen molar-refractivity contribution < 1.29 is 0 Å². The van der Waals surface area contributed by atoms with E-state index in [-0.39, 0.29) is 5.41 Å². The molecule has 0 radical (unpaired) electrons. The van der Waals surface area contributed by atoms with Gasteiger partial charge < -0.3 is 5.73 Å². The van der Waals surface area contributed by atoms with Crippen molar-refractivity contribution >= 4 is 33.1 Å². The number of likely N-dealkylation sites (tertiary alicyclic amines) is 1. The first-order valence-electron chi connectivity index (χ1n) is 6.27. The second-order valence-electron chi connectivity index (χ2n) is 5.29. The van der Waals surface area contributed by atoms with E-state index in [1.807, 2.05) is 6.07 Å². The minimum Gasteiger partial charge on any atom is -0.393 e. The standard InChI is InChI=1S/C14H19BrN2S/c1-14(13(16)18)6-8-17(9-7-14)10-11-4-2-3-5-12(11)15/h2-5H,6-10H2,1H3,(H2,16,18). The zero-order valence-electron chi connectivity index (χ0n) is 10.7. The van der Waals surface area contributed by atoms with Crippen LogP contribution in [0.3, 0.4) is 0 Å². The molecular weight excluding hydrogens is 308 g/mol. The van der Waals surface area contributed by atoms with Gasteiger partial charge in [-0.25, -0.2) is 0 Å². The van der Waals surface area contributed by atoms with Gasteiger partial charge in [0.2, 0.25) is 0 Å². The molecular formula is C14H19BrN2S. The van der Waals surface area contributed by atoms with Crippen LogP contribution < -0.4 is 5.73 Å². The molecule has 0 aliphatic carbocycles. The van der Waals surface area contributed by atoms with Crippen molar-refractivity contribution in [2.24, 2.45) is 11.1 Å². The Labute approximate surface area is 123 Å². The Kier molecular flexibility index (Phi) is 4.41. The molecule has 0 saturated carbocycles. The molecule has 1 heterocycles. The highest BCUT2D eigenvalue weighted by Crippen LogP contribution is 2.32. The maximum absolute atomic E-state index is 5.83. The monoisotopic (exact) mass is 326 g/mol. The molecule has 2 N–H and O–H groups in total. The highest BCUT2D eigenvalue weighted by atomic mass is 79.9. The number of piperidine rings is 1. The molecule has 2 nitrogen and oxygen atoms in total. The molecule has 18 heavy (non-hydrogen) atoms. The molecule has 1 aliphatic rings. The van der Waals surface area contributed by atoms with Crippen LogP contribution >= 0.6 is 28.1 Å². The molecule has 2 rings (SSSR count). The molecule has 4 heteroatoms. The van der Waals surface area contributed by atoms with Crippen molar-refractivity contribution in [1.29, 1.82) is 0 Å². The summed E-state index contributed by atoms with van der Waals surface area (Å²) in [6.45, 7) is 5.31. The van der Waals surface area contributed by atoms with Crippen LogP contribution in [0.4, 0.5) is 0 Å². The molecule has 0 unspecified atom stereocenters. The lowest BCUT2D eigenvalue weighted by atomic mass is 9.80. The summed E-state index contributed by atoms with van der Waals surface area (Å²) in [6, 6.07) is 8.40. The topological polar surface area (TPSA) is 29.3 Å². The van der Waals surface area contributed by atoms with E-state index in [1.165, 1.54) is 10.0 Å². The smallest absolute Gasteiger partial charge is 0.0788 e. The Bertz CT molecular complexity index is 439. The van der Waals surface area contributed by atoms with Gasteiger partial charge in [-0.05, 0) is 37.6 Å². The summed E-state index contributed by atoms with van der Waals surface area (Å²) in [7, 11) is 0. The summed E-state index contributed by atoms with van der Waals surface area (Å²) in [5.74, 6) is 0. The summed E-state index contributed by atoms with van der Waals surface area (Å²) in [6.07, 6.45) is 2.12. The molecule has 1 saturated heterocycles. The molecule has 98 valence electrons. The van der Waals surface area contributed by atoms with Crippen molar-refractivity contribution in [2.75, 3.05) is 13.1 Å². The Morgan fingerprint density at radius 1 is 1.39 bits per heavy atom. The molecule has 0 bridgehead atoms. The van der Waals surface area contributed by atoms with Crippen LogP contribution in [0, 0.1) is 5.41 Å². The fourth-order valence-electron chi connectivity index (χ4n) is 2.32. The predicted molar refractivity (Wildman–Crippen MR) is 83.5 cm³/mol. The third-order valence-electron chi connectivity index (χ3n) is 3.91. The summed E-state index contributed by atoms with van der Waals surface area (Å²) < 4.78 is 1.19. The minimum atomic E-state index is 0.0553. The van der Waals surface area contributed by atoms with Crippen LogP contribution in [-0.2, 0) is 6.54 Å². The number of halogens is 1. The fourth-order valence-corrected chi connectivity index (χ4v) is 2.93. The lowest BCUT2D eigenvalue weighted by molar-refractivity contribution is 0.157. The van der Waals surface area contributed by atoms with Gasteiger partial charge in [-0.15, -0.1) is 0 Å². The number of rotatable bonds is 3. The number of hydrogen-bond donors (Lipinski definition) is 1. The van der Waals surface area contributed by atoms with E-state index in [9.17, 15) is 0 Å². The van der Waals surface area contributed by atoms with Gasteiger partial charge in [-0.3, -0.25) is 4.90 Å². The molecule has 1 aromatic carbocycles. The van der Waals surface area contributed by atoms with E-state index in [2.05, 4.69) is 46.0 Å². The lowest BCUT2D eigenvalue weighted by Gasteiger charge is -2.38. The zero-order valence-corrected chi connectivity index (χ0v) is 13.1. The second kappa shape index (κ2) is 5.68. The zero-order chi connectivity index (χ0) is 13.2. The Morgan fingerprint density at radius 3 is 2.56 bits per heavy atom. The summed E-state index contributed by atoms with van der Waals surface area (Å²) in [5.41, 5.74) is 7.23. The second-order valence-corrected chi connectivity index (χ2v) is 6.59. The quantitative estimate of drug-likeness (QED) is 0.864. The maximum Gasteiger partial charge on any atom is 0.0788 e. The highest BCUT2D eigenvalue weighted by Gasteiger charge is 2.32. The summed E-state index contributed by atoms with van der Waals surface area (Å²) in [4.78, 5) is 3.14. The molecule has 1 fully saturated rings. The lowest BCUT2D eigenvalue weighted by Crippen LogP contribution is -2.44. The van der Waals surface area contributed by atoms with E-state index in [0.717, 1.165) is 32.5 Å². The molecule has 0 amide bonds. The van der Waals surface area contributed by atoms with Crippen molar-refractivity contribution in [3.8, 4) is 0 Å². The third-order valence-corrected chi connectivity index (χ3v) is 5.17. The van der Waals surface area contributed by atoms with Crippen LogP contribution in [0.2, 0.25) is 0 Å². The minimum absolute atomic E-state index is 0.0553. The first-order chi connectivity index (χ1) is 8.51. The van der Waals surface area contributed by atoms with Crippen molar-refractivity contribution in [1.82, 2.24) is 4.90 Å². The average Bonchev–Trinajstić information content (AvgIpc) is 2.35. The summed E-state index contributed by atoms with van der Waals surface area (Å²) >= 11 is 8.77. The van der Waals surface area contributed by atoms with E-state index in [1.54, 1.807) is 0 Å². The molecule has 1 aromatic rings. The molecule has 0 aromatic heterocycles. The maximum atomic E-state index is 5.83. The number of thiocarbonyl (C=S) groups is 1. The number of benzene rings is 1. The van der Waals surface area contributed by atoms with Gasteiger partial charge in [0.15, 0.2) is 0 Å². The third kappa shape index (κ3) is 3.11. The fraction of sp³-hybridized carbons (Fsp3) is 0.500. The van der Waals surface area contributed by atoms with Crippen molar-refractivity contribution in [2.45, 2.75) is 26.3 Å². The SMILES string of the molecule is CC1(C(N)=S)CCN(Cc2ccccc2Br)CC1. The van der Waals surface area contributed by atoms with Gasteiger partial charge in [0.25, 0.3) is 0 Å². The highest BCUT2D eigenvalue weighted by molar-refractivity contribution is 9.10. The van der Waals surface area contributed by atoms with E-state index in [0.29, 0.717) is 4.99 Å². The largest absolute Gasteiger partial charge is 0.393 e. The van der Waals surface area contributed by atoms with Gasteiger partial charge in [-0.2, -0.15) is 0 Å². The van der Waals surface area contributed by atoms with Crippen LogP contribution in [0.25, 0.3) is 0 Å². The van der Waals surface area contributed by atoms with Crippen LogP contribution in [0.5, 0.6) is 0 Å². The number of nitrogens with two attached hydrogens (primary N) is 1. The number of nitrogens with zero attached hydrogens (tertiary/aromatic N) is 1. The van der Waals surface area contributed by atoms with Crippen molar-refractivity contribution in [3.63, 3.8) is 0 Å². The number of hydrogen-bond acceptors (Lipinski definition) is 2. The van der Waals surface area contributed by atoms with E-state index < -0.39 is 0 Å². The first-order valence-corrected chi connectivity index (χ1v) is 7.47. The van der Waals surface area contributed by atoms with Crippen LogP contribution in [0.15, 0.2) is 28.7 Å². The van der Waals surface area contributed by atoms with Gasteiger partial charge in [0, 0.05) is 16.4 Å². The Morgan fingerprint density at radius 2 is 2.00 bits per heavy atom. The normalized spacial score (nSPS) is 19.7. The van der Waals surface area contributed by atoms with E-state index in [4.69, 9.17) is 18.0 Å².